The van der Waals surface area contributed by atoms with Gasteiger partial charge in [-0.15, -0.1) is 0 Å². The fourth-order valence-electron chi connectivity index (χ4n) is 2.92. The van der Waals surface area contributed by atoms with Gasteiger partial charge in [0.25, 0.3) is 0 Å². The topological polar surface area (TPSA) is 31.6 Å². The molecule has 0 bridgehead atoms. The van der Waals surface area contributed by atoms with Gasteiger partial charge in [0.2, 0.25) is 0 Å². The largest absolute Gasteiger partial charge is 0.364 e. The Morgan fingerprint density at radius 3 is 1.65 bits per heavy atom. The van der Waals surface area contributed by atoms with Gasteiger partial charge in [-0.25, -0.2) is 0 Å². The predicted molar refractivity (Wildman–Crippen MR) is 72.2 cm³/mol. The lowest BCUT2D eigenvalue weighted by Gasteiger charge is -2.32. The summed E-state index contributed by atoms with van der Waals surface area (Å²) in [6, 6.07) is 8.62. The number of aromatic nitrogens is 2. The van der Waals surface area contributed by atoms with E-state index in [0.29, 0.717) is 0 Å². The molecule has 2 heterocycles. The van der Waals surface area contributed by atoms with Gasteiger partial charge in [0, 0.05) is 23.8 Å². The lowest BCUT2D eigenvalue weighted by Crippen LogP contribution is -2.28. The fourth-order valence-corrected chi connectivity index (χ4v) is 2.92. The van der Waals surface area contributed by atoms with Crippen LogP contribution >= 0.6 is 0 Å². The zero-order chi connectivity index (χ0) is 12.1. The molecule has 0 spiro atoms. The third-order valence-corrected chi connectivity index (χ3v) is 3.58. The van der Waals surface area contributed by atoms with Crippen LogP contribution in [0.25, 0.3) is 0 Å². The zero-order valence-corrected chi connectivity index (χ0v) is 10.8. The summed E-state index contributed by atoms with van der Waals surface area (Å²) in [7, 11) is 0. The zero-order valence-electron chi connectivity index (χ0n) is 10.8. The molecule has 2 heteroatoms. The third kappa shape index (κ3) is 2.17. The van der Waals surface area contributed by atoms with Gasteiger partial charge in [0.15, 0.2) is 0 Å². The van der Waals surface area contributed by atoms with Crippen molar-refractivity contribution in [3.63, 3.8) is 0 Å². The highest BCUT2D eigenvalue weighted by atomic mass is 14.8. The van der Waals surface area contributed by atoms with E-state index >= 15 is 0 Å². The van der Waals surface area contributed by atoms with Crippen LogP contribution in [-0.2, 0) is 5.41 Å². The molecule has 0 radical (unpaired) electrons. The van der Waals surface area contributed by atoms with Crippen molar-refractivity contribution in [2.45, 2.75) is 44.9 Å². The van der Waals surface area contributed by atoms with Gasteiger partial charge in [0.05, 0.1) is 5.41 Å². The fraction of sp³-hybridized carbons (Fsp3) is 0.467. The molecule has 0 saturated carbocycles. The summed E-state index contributed by atoms with van der Waals surface area (Å²) in [5.41, 5.74) is 2.81. The first-order valence-electron chi connectivity index (χ1n) is 6.61. The van der Waals surface area contributed by atoms with Crippen molar-refractivity contribution in [2.24, 2.45) is 0 Å². The Bertz CT molecular complexity index is 369. The Hall–Kier alpha value is -1.44. The molecule has 0 atom stereocenters. The first-order chi connectivity index (χ1) is 8.33. The summed E-state index contributed by atoms with van der Waals surface area (Å²) in [6.45, 7) is 4.52. The van der Waals surface area contributed by atoms with Crippen molar-refractivity contribution in [3.8, 4) is 0 Å². The lowest BCUT2D eigenvalue weighted by molar-refractivity contribution is 0.408. The second-order valence-corrected chi connectivity index (χ2v) is 4.75. The normalized spacial score (nSPS) is 11.9. The van der Waals surface area contributed by atoms with Gasteiger partial charge >= 0.3 is 0 Å². The number of nitrogens with one attached hydrogen (secondary N) is 2. The van der Waals surface area contributed by atoms with Crippen LogP contribution in [0.3, 0.4) is 0 Å². The highest BCUT2D eigenvalue weighted by Crippen LogP contribution is 2.39. The Kier molecular flexibility index (Phi) is 3.72. The monoisotopic (exact) mass is 230 g/mol. The number of H-pyrrole nitrogens is 2. The van der Waals surface area contributed by atoms with E-state index < -0.39 is 0 Å². The maximum absolute atomic E-state index is 3.42. The quantitative estimate of drug-likeness (QED) is 0.744. The third-order valence-electron chi connectivity index (χ3n) is 3.58. The van der Waals surface area contributed by atoms with E-state index in [2.05, 4.69) is 48.1 Å². The van der Waals surface area contributed by atoms with E-state index in [0.717, 1.165) is 0 Å². The van der Waals surface area contributed by atoms with E-state index in [-0.39, 0.29) is 5.41 Å². The van der Waals surface area contributed by atoms with Crippen LogP contribution in [0.2, 0.25) is 0 Å². The van der Waals surface area contributed by atoms with Crippen molar-refractivity contribution in [2.75, 3.05) is 0 Å². The van der Waals surface area contributed by atoms with Gasteiger partial charge < -0.3 is 9.97 Å². The van der Waals surface area contributed by atoms with E-state index in [1.807, 2.05) is 12.4 Å². The summed E-state index contributed by atoms with van der Waals surface area (Å²) < 4.78 is 0. The Morgan fingerprint density at radius 1 is 0.882 bits per heavy atom. The van der Waals surface area contributed by atoms with Gasteiger partial charge in [0.1, 0.15) is 0 Å². The summed E-state index contributed by atoms with van der Waals surface area (Å²) >= 11 is 0. The average molecular weight is 230 g/mol. The Morgan fingerprint density at radius 2 is 1.35 bits per heavy atom. The minimum atomic E-state index is 0.135. The van der Waals surface area contributed by atoms with Gasteiger partial charge in [-0.1, -0.05) is 26.7 Å². The molecule has 0 aromatic carbocycles. The predicted octanol–water partition coefficient (Wildman–Crippen LogP) is 4.23. The van der Waals surface area contributed by atoms with E-state index in [4.69, 9.17) is 0 Å². The highest BCUT2D eigenvalue weighted by Gasteiger charge is 2.34. The molecule has 92 valence electrons. The smallest absolute Gasteiger partial charge is 0.0503 e. The van der Waals surface area contributed by atoms with Crippen LogP contribution in [0.4, 0.5) is 0 Å². The molecule has 2 N–H and O–H groups in total. The lowest BCUT2D eigenvalue weighted by atomic mass is 9.74. The molecule has 0 aliphatic heterocycles. The van der Waals surface area contributed by atoms with Crippen molar-refractivity contribution in [1.82, 2.24) is 9.97 Å². The molecule has 0 aliphatic carbocycles. The summed E-state index contributed by atoms with van der Waals surface area (Å²) in [6.07, 6.45) is 8.80. The van der Waals surface area contributed by atoms with Crippen LogP contribution in [0.5, 0.6) is 0 Å². The molecule has 0 aliphatic rings. The average Bonchev–Trinajstić information content (AvgIpc) is 3.02. The van der Waals surface area contributed by atoms with E-state index in [9.17, 15) is 0 Å². The molecule has 0 amide bonds. The van der Waals surface area contributed by atoms with Crippen LogP contribution in [0, 0.1) is 0 Å². The number of rotatable bonds is 6. The molecule has 2 nitrogen and oxygen atoms in total. The number of hydrogen-bond donors (Lipinski definition) is 2. The summed E-state index contributed by atoms with van der Waals surface area (Å²) in [5.74, 6) is 0. The molecule has 2 rings (SSSR count). The highest BCUT2D eigenvalue weighted by molar-refractivity contribution is 5.31. The van der Waals surface area contributed by atoms with Gasteiger partial charge in [-0.05, 0) is 37.1 Å². The van der Waals surface area contributed by atoms with Crippen LogP contribution in [0.1, 0.15) is 50.9 Å². The van der Waals surface area contributed by atoms with Gasteiger partial charge in [-0.2, -0.15) is 0 Å². The Balaban J connectivity index is 2.46. The first-order valence-corrected chi connectivity index (χ1v) is 6.61. The standard InChI is InChI=1S/C15H22N2/c1-3-9-15(10-4-2,13-7-5-11-16-13)14-8-6-12-17-14/h5-8,11-12,16-17H,3-4,9-10H2,1-2H3. The Labute approximate surface area is 103 Å². The molecule has 0 saturated heterocycles. The second kappa shape index (κ2) is 5.26. The summed E-state index contributed by atoms with van der Waals surface area (Å²) in [4.78, 5) is 6.83. The molecule has 0 unspecified atom stereocenters. The van der Waals surface area contributed by atoms with Crippen molar-refractivity contribution < 1.29 is 0 Å². The van der Waals surface area contributed by atoms with Gasteiger partial charge in [-0.3, -0.25) is 0 Å². The second-order valence-electron chi connectivity index (χ2n) is 4.75. The summed E-state index contributed by atoms with van der Waals surface area (Å²) in [5, 5.41) is 0. The first kappa shape index (κ1) is 12.0. The van der Waals surface area contributed by atoms with Crippen LogP contribution in [-0.4, -0.2) is 9.97 Å². The minimum absolute atomic E-state index is 0.135. The minimum Gasteiger partial charge on any atom is -0.364 e. The molecule has 0 fully saturated rings. The SMILES string of the molecule is CCCC(CCC)(c1ccc[nH]1)c1ccc[nH]1. The molecule has 2 aromatic rings. The number of aromatic amines is 2. The maximum atomic E-state index is 3.42. The van der Waals surface area contributed by atoms with Crippen LogP contribution < -0.4 is 0 Å². The van der Waals surface area contributed by atoms with E-state index in [1.54, 1.807) is 0 Å². The van der Waals surface area contributed by atoms with Crippen LogP contribution in [0.15, 0.2) is 36.7 Å². The number of hydrogen-bond acceptors (Lipinski definition) is 0. The maximum Gasteiger partial charge on any atom is 0.0503 e. The van der Waals surface area contributed by atoms with Crippen molar-refractivity contribution >= 4 is 0 Å². The van der Waals surface area contributed by atoms with Crippen molar-refractivity contribution in [1.29, 1.82) is 0 Å². The molecule has 2 aromatic heterocycles. The molecular weight excluding hydrogens is 208 g/mol. The van der Waals surface area contributed by atoms with Crippen molar-refractivity contribution in [3.05, 3.63) is 48.0 Å². The van der Waals surface area contributed by atoms with E-state index in [1.165, 1.54) is 37.1 Å². The molecular formula is C15H22N2. The molecule has 17 heavy (non-hydrogen) atoms.